The topological polar surface area (TPSA) is 32.3 Å². The molecule has 2 unspecified atom stereocenters. The Morgan fingerprint density at radius 3 is 2.50 bits per heavy atom. The molecule has 2 rings (SSSR count). The highest BCUT2D eigenvalue weighted by atomic mass is 19.4. The predicted molar refractivity (Wildman–Crippen MR) is 68.9 cm³/mol. The first-order chi connectivity index (χ1) is 9.37. The van der Waals surface area contributed by atoms with Crippen LogP contribution >= 0.6 is 0 Å². The minimum atomic E-state index is -4.24. The Hall–Kier alpha value is -1.56. The second-order valence-corrected chi connectivity index (χ2v) is 4.98. The van der Waals surface area contributed by atoms with Gasteiger partial charge in [0.2, 0.25) is 5.91 Å². The Morgan fingerprint density at radius 2 is 1.90 bits per heavy atom. The van der Waals surface area contributed by atoms with Crippen molar-refractivity contribution >= 4 is 5.91 Å². The molecule has 3 nitrogen and oxygen atoms in total. The van der Waals surface area contributed by atoms with Gasteiger partial charge in [-0.05, 0) is 18.9 Å². The number of carbonyl (C=O) groups is 1. The van der Waals surface area contributed by atoms with Gasteiger partial charge < -0.3 is 4.90 Å². The van der Waals surface area contributed by atoms with Crippen LogP contribution in [0.4, 0.5) is 13.2 Å². The van der Waals surface area contributed by atoms with Crippen molar-refractivity contribution in [1.82, 2.24) is 10.2 Å². The van der Waals surface area contributed by atoms with Gasteiger partial charge in [0.1, 0.15) is 0 Å². The second-order valence-electron chi connectivity index (χ2n) is 4.98. The number of benzene rings is 1. The first-order valence-corrected chi connectivity index (χ1v) is 6.54. The summed E-state index contributed by atoms with van der Waals surface area (Å²) in [5, 5.41) is 3.05. The van der Waals surface area contributed by atoms with E-state index in [1.54, 1.807) is 6.92 Å². The van der Waals surface area contributed by atoms with Gasteiger partial charge in [0.15, 0.2) is 0 Å². The summed E-state index contributed by atoms with van der Waals surface area (Å²) in [6.45, 7) is 1.42. The molecular formula is C14H17F3N2O. The van der Waals surface area contributed by atoms with E-state index in [1.807, 2.05) is 30.3 Å². The van der Waals surface area contributed by atoms with Crippen molar-refractivity contribution in [3.63, 3.8) is 0 Å². The average molecular weight is 286 g/mol. The van der Waals surface area contributed by atoms with Crippen molar-refractivity contribution in [2.75, 3.05) is 6.54 Å². The molecule has 1 fully saturated rings. The van der Waals surface area contributed by atoms with E-state index in [0.717, 1.165) is 5.56 Å². The van der Waals surface area contributed by atoms with E-state index in [2.05, 4.69) is 5.32 Å². The average Bonchev–Trinajstić information content (AvgIpc) is 2.63. The highest BCUT2D eigenvalue weighted by molar-refractivity contribution is 5.84. The van der Waals surface area contributed by atoms with Gasteiger partial charge in [0, 0.05) is 6.54 Å². The van der Waals surface area contributed by atoms with Crippen LogP contribution in [0, 0.1) is 0 Å². The fourth-order valence-electron chi connectivity index (χ4n) is 2.39. The third-order valence-electron chi connectivity index (χ3n) is 3.41. The van der Waals surface area contributed by atoms with Gasteiger partial charge in [0.05, 0.1) is 18.6 Å². The number of nitrogens with zero attached hydrogens (tertiary/aromatic N) is 1. The zero-order valence-electron chi connectivity index (χ0n) is 11.2. The molecule has 0 aliphatic carbocycles. The summed E-state index contributed by atoms with van der Waals surface area (Å²) < 4.78 is 36.7. The van der Waals surface area contributed by atoms with Crippen molar-refractivity contribution in [3.8, 4) is 0 Å². The maximum Gasteiger partial charge on any atom is 0.390 e. The summed E-state index contributed by atoms with van der Waals surface area (Å²) in [6, 6.07) is 8.99. The van der Waals surface area contributed by atoms with E-state index in [1.165, 1.54) is 4.90 Å². The van der Waals surface area contributed by atoms with Crippen molar-refractivity contribution in [2.24, 2.45) is 0 Å². The molecule has 0 aromatic heterocycles. The van der Waals surface area contributed by atoms with Crippen molar-refractivity contribution in [3.05, 3.63) is 35.9 Å². The van der Waals surface area contributed by atoms with E-state index >= 15 is 0 Å². The molecule has 0 radical (unpaired) electrons. The quantitative estimate of drug-likeness (QED) is 0.921. The number of amides is 1. The molecule has 110 valence electrons. The molecule has 0 spiro atoms. The van der Waals surface area contributed by atoms with Crippen LogP contribution in [-0.4, -0.2) is 35.7 Å². The lowest BCUT2D eigenvalue weighted by Crippen LogP contribution is -2.37. The van der Waals surface area contributed by atoms with Crippen LogP contribution in [0.5, 0.6) is 0 Å². The van der Waals surface area contributed by atoms with Crippen LogP contribution in [0.1, 0.15) is 18.9 Å². The molecule has 1 aliphatic heterocycles. The third-order valence-corrected chi connectivity index (χ3v) is 3.41. The smallest absolute Gasteiger partial charge is 0.326 e. The molecule has 1 amide bonds. The van der Waals surface area contributed by atoms with E-state index in [0.29, 0.717) is 6.42 Å². The van der Waals surface area contributed by atoms with Gasteiger partial charge in [-0.25, -0.2) is 0 Å². The largest absolute Gasteiger partial charge is 0.390 e. The van der Waals surface area contributed by atoms with E-state index in [9.17, 15) is 18.0 Å². The molecule has 1 aliphatic rings. The number of alkyl halides is 3. The molecule has 2 atom stereocenters. The molecule has 6 heteroatoms. The third kappa shape index (κ3) is 3.72. The lowest BCUT2D eigenvalue weighted by Gasteiger charge is -2.21. The molecule has 1 aromatic carbocycles. The molecule has 1 aromatic rings. The maximum atomic E-state index is 12.2. The highest BCUT2D eigenvalue weighted by Crippen LogP contribution is 2.22. The van der Waals surface area contributed by atoms with Gasteiger partial charge in [0.25, 0.3) is 0 Å². The molecule has 1 heterocycles. The number of hydrogen-bond donors (Lipinski definition) is 1. The Kier molecular flexibility index (Phi) is 4.32. The van der Waals surface area contributed by atoms with Gasteiger partial charge in [-0.3, -0.25) is 10.1 Å². The molecular weight excluding hydrogens is 269 g/mol. The van der Waals surface area contributed by atoms with Crippen LogP contribution in [-0.2, 0) is 11.2 Å². The Bertz CT molecular complexity index is 461. The molecule has 1 saturated heterocycles. The highest BCUT2D eigenvalue weighted by Gasteiger charge is 2.38. The van der Waals surface area contributed by atoms with Crippen LogP contribution < -0.4 is 5.32 Å². The number of halogens is 3. The van der Waals surface area contributed by atoms with E-state index in [4.69, 9.17) is 0 Å². The Morgan fingerprint density at radius 1 is 1.25 bits per heavy atom. The van der Waals surface area contributed by atoms with Crippen molar-refractivity contribution in [1.29, 1.82) is 0 Å². The van der Waals surface area contributed by atoms with Crippen LogP contribution in [0.3, 0.4) is 0 Å². The monoisotopic (exact) mass is 286 g/mol. The number of nitrogens with one attached hydrogen (secondary N) is 1. The van der Waals surface area contributed by atoms with E-state index < -0.39 is 18.6 Å². The van der Waals surface area contributed by atoms with Crippen molar-refractivity contribution < 1.29 is 18.0 Å². The molecule has 1 N–H and O–H groups in total. The lowest BCUT2D eigenvalue weighted by molar-refractivity contribution is -0.144. The lowest BCUT2D eigenvalue weighted by atomic mass is 10.1. The molecule has 0 bridgehead atoms. The first kappa shape index (κ1) is 14.8. The summed E-state index contributed by atoms with van der Waals surface area (Å²) >= 11 is 0. The van der Waals surface area contributed by atoms with E-state index in [-0.39, 0.29) is 18.6 Å². The summed E-state index contributed by atoms with van der Waals surface area (Å²) in [4.78, 5) is 13.4. The Labute approximate surface area is 115 Å². The zero-order chi connectivity index (χ0) is 14.8. The fourth-order valence-corrected chi connectivity index (χ4v) is 2.39. The van der Waals surface area contributed by atoms with Gasteiger partial charge in [-0.1, -0.05) is 30.3 Å². The molecule has 0 saturated carbocycles. The normalized spacial score (nSPS) is 23.4. The van der Waals surface area contributed by atoms with Crippen LogP contribution in [0.15, 0.2) is 30.3 Å². The summed E-state index contributed by atoms with van der Waals surface area (Å²) in [7, 11) is 0. The van der Waals surface area contributed by atoms with Crippen LogP contribution in [0.2, 0.25) is 0 Å². The van der Waals surface area contributed by atoms with Crippen LogP contribution in [0.25, 0.3) is 0 Å². The van der Waals surface area contributed by atoms with Gasteiger partial charge in [-0.2, -0.15) is 13.2 Å². The summed E-state index contributed by atoms with van der Waals surface area (Å²) in [5.41, 5.74) is 0.989. The minimum Gasteiger partial charge on any atom is -0.326 e. The zero-order valence-corrected chi connectivity index (χ0v) is 11.2. The van der Waals surface area contributed by atoms with Gasteiger partial charge >= 0.3 is 6.18 Å². The van der Waals surface area contributed by atoms with Gasteiger partial charge in [-0.15, -0.1) is 0 Å². The standard InChI is InChI=1S/C14H17F3N2O/c1-10-18-12(9-11-5-3-2-4-6-11)13(20)19(10)8-7-14(15,16)17/h2-6,10,12,18H,7-9H2,1H3. The fraction of sp³-hybridized carbons (Fsp3) is 0.500. The summed E-state index contributed by atoms with van der Waals surface area (Å²) in [5.74, 6) is -0.259. The number of rotatable bonds is 4. The second kappa shape index (κ2) is 5.83. The SMILES string of the molecule is CC1NC(Cc2ccccc2)C(=O)N1CCC(F)(F)F. The first-order valence-electron chi connectivity index (χ1n) is 6.54. The Balaban J connectivity index is 1.96. The summed E-state index contributed by atoms with van der Waals surface area (Å²) in [6.07, 6.45) is -5.08. The number of carbonyl (C=O) groups excluding carboxylic acids is 1. The minimum absolute atomic E-state index is 0.259. The maximum absolute atomic E-state index is 12.2. The molecule has 20 heavy (non-hydrogen) atoms. The van der Waals surface area contributed by atoms with Crippen molar-refractivity contribution in [2.45, 2.75) is 38.1 Å². The number of hydrogen-bond acceptors (Lipinski definition) is 2. The predicted octanol–water partition coefficient (Wildman–Crippen LogP) is 2.33.